The van der Waals surface area contributed by atoms with Gasteiger partial charge in [-0.15, -0.1) is 0 Å². The maximum absolute atomic E-state index is 5.77. The van der Waals surface area contributed by atoms with E-state index in [1.807, 2.05) is 0 Å². The highest BCUT2D eigenvalue weighted by Gasteiger charge is 2.25. The molecule has 1 fully saturated rings. The van der Waals surface area contributed by atoms with Gasteiger partial charge in [-0.1, -0.05) is 13.0 Å². The van der Waals surface area contributed by atoms with E-state index in [-0.39, 0.29) is 5.54 Å². The van der Waals surface area contributed by atoms with E-state index in [1.165, 1.54) is 19.3 Å². The average molecular weight is 196 g/mol. The van der Waals surface area contributed by atoms with Gasteiger partial charge in [0.25, 0.3) is 0 Å². The van der Waals surface area contributed by atoms with Gasteiger partial charge in [0.2, 0.25) is 0 Å². The summed E-state index contributed by atoms with van der Waals surface area (Å²) in [7, 11) is 0. The van der Waals surface area contributed by atoms with E-state index in [1.54, 1.807) is 0 Å². The van der Waals surface area contributed by atoms with Crippen LogP contribution in [0.3, 0.4) is 0 Å². The molecule has 1 saturated carbocycles. The number of hydrogen-bond donors (Lipinski definition) is 2. The highest BCUT2D eigenvalue weighted by atomic mass is 15.0. The molecule has 0 bridgehead atoms. The lowest BCUT2D eigenvalue weighted by Crippen LogP contribution is -2.46. The Kier molecular flexibility index (Phi) is 3.59. The molecule has 3 N–H and O–H groups in total. The summed E-state index contributed by atoms with van der Waals surface area (Å²) in [6.07, 6.45) is 4.93. The van der Waals surface area contributed by atoms with Gasteiger partial charge in [-0.3, -0.25) is 0 Å². The van der Waals surface area contributed by atoms with Crippen molar-refractivity contribution in [2.45, 2.75) is 58.0 Å². The van der Waals surface area contributed by atoms with E-state index in [0.717, 1.165) is 12.1 Å². The van der Waals surface area contributed by atoms with Gasteiger partial charge >= 0.3 is 0 Å². The zero-order chi connectivity index (χ0) is 10.8. The molecule has 82 valence electrons. The van der Waals surface area contributed by atoms with Crippen molar-refractivity contribution < 1.29 is 0 Å². The quantitative estimate of drug-likeness (QED) is 0.711. The molecule has 1 aliphatic carbocycles. The van der Waals surface area contributed by atoms with Gasteiger partial charge in [-0.2, -0.15) is 0 Å². The van der Waals surface area contributed by atoms with Crippen molar-refractivity contribution in [2.24, 2.45) is 11.7 Å². The third kappa shape index (κ3) is 3.70. The smallest absolute Gasteiger partial charge is 0.00991 e. The third-order valence-corrected chi connectivity index (χ3v) is 2.84. The molecule has 1 rings (SSSR count). The lowest BCUT2D eigenvalue weighted by molar-refractivity contribution is 0.260. The Hall–Kier alpha value is -0.500. The summed E-state index contributed by atoms with van der Waals surface area (Å²) in [6, 6.07) is 0.619. The van der Waals surface area contributed by atoms with Crippen LogP contribution < -0.4 is 11.1 Å². The summed E-state index contributed by atoms with van der Waals surface area (Å²) in [5, 5.41) is 3.65. The zero-order valence-corrected chi connectivity index (χ0v) is 9.77. The van der Waals surface area contributed by atoms with Crippen LogP contribution in [0.4, 0.5) is 0 Å². The fourth-order valence-corrected chi connectivity index (χ4v) is 2.27. The highest BCUT2D eigenvalue weighted by Crippen LogP contribution is 2.28. The molecule has 2 nitrogen and oxygen atoms in total. The van der Waals surface area contributed by atoms with Crippen molar-refractivity contribution in [3.05, 3.63) is 12.3 Å². The van der Waals surface area contributed by atoms with E-state index in [0.29, 0.717) is 12.0 Å². The number of nitrogens with one attached hydrogen (secondary N) is 1. The number of rotatable bonds is 2. The highest BCUT2D eigenvalue weighted by molar-refractivity contribution is 4.99. The number of hydrogen-bond acceptors (Lipinski definition) is 2. The Balaban J connectivity index is 2.44. The van der Waals surface area contributed by atoms with Gasteiger partial charge < -0.3 is 11.1 Å². The predicted molar refractivity (Wildman–Crippen MR) is 62.0 cm³/mol. The zero-order valence-electron chi connectivity index (χ0n) is 9.77. The molecule has 0 aromatic carbocycles. The van der Waals surface area contributed by atoms with Gasteiger partial charge in [0, 0.05) is 17.3 Å². The van der Waals surface area contributed by atoms with Crippen molar-refractivity contribution in [3.8, 4) is 0 Å². The Bertz CT molecular complexity index is 203. The Morgan fingerprint density at radius 1 is 1.36 bits per heavy atom. The molecule has 2 atom stereocenters. The lowest BCUT2D eigenvalue weighted by atomic mass is 9.83. The number of allylic oxidation sites excluding steroid dienone is 1. The van der Waals surface area contributed by atoms with Crippen molar-refractivity contribution in [2.75, 3.05) is 0 Å². The largest absolute Gasteiger partial charge is 0.402 e. The van der Waals surface area contributed by atoms with Gasteiger partial charge in [0.15, 0.2) is 0 Å². The Labute approximate surface area is 87.9 Å². The van der Waals surface area contributed by atoms with Crippen LogP contribution in [0.25, 0.3) is 0 Å². The molecule has 0 heterocycles. The van der Waals surface area contributed by atoms with E-state index >= 15 is 0 Å². The monoisotopic (exact) mass is 196 g/mol. The fourth-order valence-electron chi connectivity index (χ4n) is 2.27. The summed E-state index contributed by atoms with van der Waals surface area (Å²) in [5.74, 6) is 0.531. The van der Waals surface area contributed by atoms with Crippen molar-refractivity contribution >= 4 is 0 Å². The normalized spacial score (nSPS) is 28.8. The first-order valence-electron chi connectivity index (χ1n) is 5.60. The first-order valence-corrected chi connectivity index (χ1v) is 5.60. The molecule has 0 aromatic heterocycles. The first-order chi connectivity index (χ1) is 6.38. The van der Waals surface area contributed by atoms with Gasteiger partial charge in [-0.05, 0) is 46.0 Å². The Morgan fingerprint density at radius 2 is 2.00 bits per heavy atom. The van der Waals surface area contributed by atoms with Crippen molar-refractivity contribution in [1.82, 2.24) is 5.32 Å². The molecule has 2 heteroatoms. The second-order valence-corrected chi connectivity index (χ2v) is 5.53. The molecule has 0 aromatic rings. The average Bonchev–Trinajstić information content (AvgIpc) is 2.01. The predicted octanol–water partition coefficient (Wildman–Crippen LogP) is 2.41. The van der Waals surface area contributed by atoms with Crippen LogP contribution in [0.5, 0.6) is 0 Å². The standard InChI is InChI=1S/C12H24N2/c1-9(13)10-6-5-7-11(8-10)14-12(2,3)4/h10-11,14H,1,5-8,13H2,2-4H3. The van der Waals surface area contributed by atoms with E-state index in [9.17, 15) is 0 Å². The lowest BCUT2D eigenvalue weighted by Gasteiger charge is -2.34. The van der Waals surface area contributed by atoms with Crippen LogP contribution in [0.2, 0.25) is 0 Å². The topological polar surface area (TPSA) is 38.0 Å². The Morgan fingerprint density at radius 3 is 2.50 bits per heavy atom. The summed E-state index contributed by atoms with van der Waals surface area (Å²) < 4.78 is 0. The molecular formula is C12H24N2. The minimum Gasteiger partial charge on any atom is -0.402 e. The SMILES string of the molecule is C=C(N)C1CCCC(NC(C)(C)C)C1. The molecule has 2 unspecified atom stereocenters. The third-order valence-electron chi connectivity index (χ3n) is 2.84. The maximum atomic E-state index is 5.77. The maximum Gasteiger partial charge on any atom is 0.00991 e. The molecule has 0 radical (unpaired) electrons. The second-order valence-electron chi connectivity index (χ2n) is 5.53. The van der Waals surface area contributed by atoms with Gasteiger partial charge in [0.1, 0.15) is 0 Å². The second kappa shape index (κ2) is 4.35. The summed E-state index contributed by atoms with van der Waals surface area (Å²) in [5.41, 5.74) is 6.85. The van der Waals surface area contributed by atoms with Crippen LogP contribution in [0.1, 0.15) is 46.5 Å². The molecule has 0 aliphatic heterocycles. The van der Waals surface area contributed by atoms with Crippen LogP contribution in [-0.4, -0.2) is 11.6 Å². The first kappa shape index (κ1) is 11.6. The molecule has 0 spiro atoms. The minimum atomic E-state index is 0.211. The molecular weight excluding hydrogens is 172 g/mol. The van der Waals surface area contributed by atoms with Crippen LogP contribution >= 0.6 is 0 Å². The molecule has 0 saturated heterocycles. The van der Waals surface area contributed by atoms with Gasteiger partial charge in [-0.25, -0.2) is 0 Å². The fraction of sp³-hybridized carbons (Fsp3) is 0.833. The van der Waals surface area contributed by atoms with Gasteiger partial charge in [0.05, 0.1) is 0 Å². The molecule has 1 aliphatic rings. The summed E-state index contributed by atoms with van der Waals surface area (Å²) in [4.78, 5) is 0. The minimum absolute atomic E-state index is 0.211. The number of nitrogens with two attached hydrogens (primary N) is 1. The van der Waals surface area contributed by atoms with Crippen LogP contribution in [0.15, 0.2) is 12.3 Å². The van der Waals surface area contributed by atoms with Crippen molar-refractivity contribution in [3.63, 3.8) is 0 Å². The molecule has 0 amide bonds. The van der Waals surface area contributed by atoms with Crippen molar-refractivity contribution in [1.29, 1.82) is 0 Å². The summed E-state index contributed by atoms with van der Waals surface area (Å²) >= 11 is 0. The summed E-state index contributed by atoms with van der Waals surface area (Å²) in [6.45, 7) is 10.5. The molecule has 14 heavy (non-hydrogen) atoms. The van der Waals surface area contributed by atoms with Crippen LogP contribution in [0, 0.1) is 5.92 Å². The van der Waals surface area contributed by atoms with E-state index in [4.69, 9.17) is 5.73 Å². The van der Waals surface area contributed by atoms with E-state index < -0.39 is 0 Å². The van der Waals surface area contributed by atoms with Crippen LogP contribution in [-0.2, 0) is 0 Å². The van der Waals surface area contributed by atoms with E-state index in [2.05, 4.69) is 32.7 Å².